The second-order valence-electron chi connectivity index (χ2n) is 10.4. The van der Waals surface area contributed by atoms with E-state index in [1.807, 2.05) is 0 Å². The van der Waals surface area contributed by atoms with Gasteiger partial charge in [-0.1, -0.05) is 163 Å². The van der Waals surface area contributed by atoms with Gasteiger partial charge in [-0.3, -0.25) is 0 Å². The predicted octanol–water partition coefficient (Wildman–Crippen LogP) is 11.8. The predicted molar refractivity (Wildman–Crippen MR) is 200 cm³/mol. The highest BCUT2D eigenvalue weighted by atomic mass is 16.3. The maximum absolute atomic E-state index is 9.14. The van der Waals surface area contributed by atoms with E-state index in [4.69, 9.17) is 34.6 Å². The summed E-state index contributed by atoms with van der Waals surface area (Å²) in [6.45, 7) is 0. The Morgan fingerprint density at radius 3 is 1.51 bits per heavy atom. The van der Waals surface area contributed by atoms with Crippen molar-refractivity contribution < 1.29 is 34.6 Å². The Balaban J connectivity index is 1.27. The molecule has 0 bridgehead atoms. The van der Waals surface area contributed by atoms with Crippen molar-refractivity contribution in [1.82, 2.24) is 15.0 Å². The van der Waals surface area contributed by atoms with Gasteiger partial charge in [-0.15, -0.1) is 0 Å². The number of para-hydroxylation sites is 1. The van der Waals surface area contributed by atoms with Crippen molar-refractivity contribution >= 4 is 21.9 Å². The molecule has 0 aliphatic rings. The van der Waals surface area contributed by atoms with Gasteiger partial charge in [0.1, 0.15) is 11.2 Å². The smallest absolute Gasteiger partial charge is 0.164 e. The van der Waals surface area contributed by atoms with Crippen molar-refractivity contribution in [3.8, 4) is 67.5 Å². The molecule has 0 unspecified atom stereocenters. The number of benzene rings is 7. The van der Waals surface area contributed by atoms with E-state index in [0.29, 0.717) is 0 Å². The summed E-state index contributed by atoms with van der Waals surface area (Å²) >= 11 is 0. The summed E-state index contributed by atoms with van der Waals surface area (Å²) in [6.07, 6.45) is 0. The van der Waals surface area contributed by atoms with Crippen LogP contribution in [0.3, 0.4) is 0 Å². The lowest BCUT2D eigenvalue weighted by Gasteiger charge is -2.10. The summed E-state index contributed by atoms with van der Waals surface area (Å²) in [7, 11) is 0. The topological polar surface area (TPSA) is 51.8 Å². The Bertz CT molecular complexity index is 3770. The molecule has 9 rings (SSSR count). The lowest BCUT2D eigenvalue weighted by molar-refractivity contribution is 0.669. The summed E-state index contributed by atoms with van der Waals surface area (Å²) in [5, 5.41) is -0.422. The van der Waals surface area contributed by atoms with Crippen molar-refractivity contribution in [3.05, 3.63) is 175 Å². The third-order valence-corrected chi connectivity index (χ3v) is 7.45. The molecule has 2 heterocycles. The maximum atomic E-state index is 9.14. The van der Waals surface area contributed by atoms with Crippen LogP contribution in [0.5, 0.6) is 0 Å². The zero-order chi connectivity index (χ0) is 51.7. The first kappa shape index (κ1) is 13.8. The summed E-state index contributed by atoms with van der Waals surface area (Å²) in [6, 6.07) is -4.13. The number of rotatable bonds is 6. The van der Waals surface area contributed by atoms with E-state index in [9.17, 15) is 0 Å². The first-order valence-corrected chi connectivity index (χ1v) is 14.6. The van der Waals surface area contributed by atoms with Gasteiger partial charge in [0, 0.05) is 27.5 Å². The Morgan fingerprint density at radius 1 is 0.347 bits per heavy atom. The normalized spacial score (nSPS) is 17.6. The average molecular weight is 650 g/mol. The highest BCUT2D eigenvalue weighted by Crippen LogP contribution is 2.37. The van der Waals surface area contributed by atoms with E-state index in [2.05, 4.69) is 15.0 Å². The third kappa shape index (κ3) is 5.45. The monoisotopic (exact) mass is 649 g/mol. The van der Waals surface area contributed by atoms with Crippen LogP contribution in [0.15, 0.2) is 180 Å². The Labute approximate surface area is 314 Å². The maximum Gasteiger partial charge on any atom is 0.164 e. The highest BCUT2D eigenvalue weighted by Gasteiger charge is 2.18. The van der Waals surface area contributed by atoms with E-state index in [1.54, 1.807) is 0 Å². The number of fused-ring (bicyclic) bond motifs is 3. The molecule has 0 saturated heterocycles. The molecule has 0 spiro atoms. The number of aromatic nitrogens is 3. The molecule has 0 fully saturated rings. The van der Waals surface area contributed by atoms with E-state index in [0.717, 1.165) is 0 Å². The van der Waals surface area contributed by atoms with E-state index in [-0.39, 0.29) is 84.4 Å². The molecule has 0 N–H and O–H groups in total. The highest BCUT2D eigenvalue weighted by molar-refractivity contribution is 6.11. The molecule has 4 nitrogen and oxygen atoms in total. The second-order valence-corrected chi connectivity index (χ2v) is 10.4. The minimum Gasteiger partial charge on any atom is -0.456 e. The van der Waals surface area contributed by atoms with Gasteiger partial charge in [-0.2, -0.15) is 0 Å². The lowest BCUT2D eigenvalue weighted by Crippen LogP contribution is -2.00. The van der Waals surface area contributed by atoms with E-state index in [1.165, 1.54) is 42.5 Å². The van der Waals surface area contributed by atoms with Gasteiger partial charge in [0.2, 0.25) is 0 Å². The molecule has 49 heavy (non-hydrogen) atoms. The van der Waals surface area contributed by atoms with Crippen LogP contribution >= 0.6 is 0 Å². The van der Waals surface area contributed by atoms with Crippen molar-refractivity contribution in [3.63, 3.8) is 0 Å². The van der Waals surface area contributed by atoms with Gasteiger partial charge < -0.3 is 4.42 Å². The van der Waals surface area contributed by atoms with E-state index >= 15 is 0 Å². The largest absolute Gasteiger partial charge is 0.456 e. The molecule has 4 heteroatoms. The molecule has 0 aliphatic carbocycles. The van der Waals surface area contributed by atoms with Crippen LogP contribution in [-0.2, 0) is 0 Å². The first-order chi connectivity index (χ1) is 33.4. The van der Waals surface area contributed by atoms with Crippen molar-refractivity contribution in [1.29, 1.82) is 0 Å². The molecular formula is C45H29N3O. The van der Waals surface area contributed by atoms with Gasteiger partial charge in [0.05, 0.1) is 30.2 Å². The van der Waals surface area contributed by atoms with Gasteiger partial charge in [0.25, 0.3) is 0 Å². The Morgan fingerprint density at radius 2 is 0.837 bits per heavy atom. The van der Waals surface area contributed by atoms with Gasteiger partial charge >= 0.3 is 0 Å². The fraction of sp³-hybridized carbons (Fsp3) is 0. The Kier molecular flexibility index (Phi) is 3.44. The molecule has 9 aromatic rings. The van der Waals surface area contributed by atoms with Crippen LogP contribution in [0.2, 0.25) is 0 Å². The van der Waals surface area contributed by atoms with Crippen molar-refractivity contribution in [2.45, 2.75) is 0 Å². The lowest BCUT2D eigenvalue weighted by atomic mass is 9.99. The molecule has 0 amide bonds. The SMILES string of the molecule is [2H]c1cc(-c2nc(-c3ccc(-c4c([2H])c([2H])c(-c5c([2H])c([2H])c([2H])c([2H])c5[2H])c([2H])c4[2H])cc3)nc(-c3c([2H])c([2H])c([2H])c4oc5c([2H])c([2H])c([2H])c([2H])c5c34)n2)ccc1-c1c([2H])c([2H])c([2H])c([2H])c1[2H]. The second kappa shape index (κ2) is 12.2. The van der Waals surface area contributed by atoms with Crippen LogP contribution < -0.4 is 0 Å². The number of furan rings is 1. The van der Waals surface area contributed by atoms with Crippen LogP contribution in [-0.4, -0.2) is 15.0 Å². The van der Waals surface area contributed by atoms with Gasteiger partial charge in [-0.25, -0.2) is 15.0 Å². The number of hydrogen-bond acceptors (Lipinski definition) is 4. The average Bonchev–Trinajstić information content (AvgIpc) is 3.76. The number of hydrogen-bond donors (Lipinski definition) is 0. The fourth-order valence-corrected chi connectivity index (χ4v) is 5.12. The van der Waals surface area contributed by atoms with E-state index < -0.39 is 138 Å². The number of nitrogens with zero attached hydrogens (tertiary/aromatic N) is 3. The molecular weight excluding hydrogens is 599 g/mol. The van der Waals surface area contributed by atoms with Crippen molar-refractivity contribution in [2.24, 2.45) is 0 Å². The van der Waals surface area contributed by atoms with Crippen molar-refractivity contribution in [2.75, 3.05) is 0 Å². The summed E-state index contributed by atoms with van der Waals surface area (Å²) in [5.74, 6) is -0.712. The molecule has 0 aliphatic heterocycles. The summed E-state index contributed by atoms with van der Waals surface area (Å²) < 4.78 is 193. The first-order valence-electron chi connectivity index (χ1n) is 25.6. The molecule has 0 atom stereocenters. The minimum atomic E-state index is -0.726. The van der Waals surface area contributed by atoms with Gasteiger partial charge in [0.15, 0.2) is 17.5 Å². The fourth-order valence-electron chi connectivity index (χ4n) is 5.12. The van der Waals surface area contributed by atoms with Crippen LogP contribution in [0.1, 0.15) is 30.2 Å². The van der Waals surface area contributed by atoms with Crippen LogP contribution in [0.25, 0.3) is 89.5 Å². The van der Waals surface area contributed by atoms with Crippen LogP contribution in [0, 0.1) is 0 Å². The zero-order valence-corrected chi connectivity index (χ0v) is 24.8. The van der Waals surface area contributed by atoms with Crippen LogP contribution in [0.4, 0.5) is 0 Å². The molecule has 7 aromatic carbocycles. The molecule has 2 aromatic heterocycles. The summed E-state index contributed by atoms with van der Waals surface area (Å²) in [5.41, 5.74) is -2.11. The summed E-state index contributed by atoms with van der Waals surface area (Å²) in [4.78, 5) is 13.9. The standard InChI is InChI=1S/C45H29N3O/c1-3-10-30(11-4-1)32-18-20-34(21-19-32)35-24-28-37(29-25-35)44-46-43(36-26-22-33(23-27-36)31-12-5-2-6-13-31)47-45(48-44)39-15-9-17-41-42(39)38-14-7-8-16-40(38)49-41/h1-29H/i1D,2D,3D,4D,5D,6D,7D,8D,9D,10D,11D,12D,13D,14D,15D,16D,17D,18D,19D,20D,21D,22D. The quantitative estimate of drug-likeness (QED) is 0.180. The molecule has 0 radical (unpaired) electrons. The molecule has 0 saturated carbocycles. The zero-order valence-electron chi connectivity index (χ0n) is 46.8. The Hall–Kier alpha value is -6.65. The third-order valence-electron chi connectivity index (χ3n) is 7.45. The minimum absolute atomic E-state index is 0.0366. The molecule has 230 valence electrons. The van der Waals surface area contributed by atoms with Gasteiger partial charge in [-0.05, 0) is 45.5 Å².